The summed E-state index contributed by atoms with van der Waals surface area (Å²) in [4.78, 5) is 4.28. The number of aromatic amines is 1. The van der Waals surface area contributed by atoms with E-state index in [1.807, 2.05) is 18.2 Å². The van der Waals surface area contributed by atoms with Gasteiger partial charge in [0.15, 0.2) is 0 Å². The van der Waals surface area contributed by atoms with Gasteiger partial charge in [-0.15, -0.1) is 0 Å². The third-order valence-corrected chi connectivity index (χ3v) is 6.04. The highest BCUT2D eigenvalue weighted by molar-refractivity contribution is 6.36. The van der Waals surface area contributed by atoms with Gasteiger partial charge in [-0.05, 0) is 42.0 Å². The number of halogens is 4. The van der Waals surface area contributed by atoms with E-state index < -0.39 is 23.4 Å². The van der Waals surface area contributed by atoms with Crippen LogP contribution in [0.15, 0.2) is 67.0 Å². The van der Waals surface area contributed by atoms with E-state index >= 15 is 0 Å². The number of nitrogens with zero attached hydrogens (tertiary/aromatic N) is 4. The average Bonchev–Trinajstić information content (AvgIpc) is 3.40. The highest BCUT2D eigenvalue weighted by Crippen LogP contribution is 2.37. The molecule has 178 valence electrons. The van der Waals surface area contributed by atoms with Crippen LogP contribution in [0.1, 0.15) is 22.9 Å². The van der Waals surface area contributed by atoms with Crippen molar-refractivity contribution in [1.29, 1.82) is 5.26 Å². The van der Waals surface area contributed by atoms with Crippen LogP contribution in [-0.4, -0.2) is 20.4 Å². The molecule has 0 saturated heterocycles. The number of hydrogen-bond acceptors (Lipinski definition) is 6. The molecule has 2 aromatic heterocycles. The smallest absolute Gasteiger partial charge is 0.149 e. The summed E-state index contributed by atoms with van der Waals surface area (Å²) >= 11 is 12.6. The molecule has 0 fully saturated rings. The number of para-hydroxylation sites is 1. The molecule has 0 aliphatic carbocycles. The largest absolute Gasteiger partial charge is 0.373 e. The Balaban J connectivity index is 1.63. The van der Waals surface area contributed by atoms with Crippen molar-refractivity contribution >= 4 is 51.2 Å². The first-order chi connectivity index (χ1) is 17.4. The van der Waals surface area contributed by atoms with Crippen LogP contribution in [0.5, 0.6) is 0 Å². The summed E-state index contributed by atoms with van der Waals surface area (Å²) in [7, 11) is 0. The second kappa shape index (κ2) is 9.77. The van der Waals surface area contributed by atoms with E-state index in [9.17, 15) is 14.0 Å². The molecule has 36 heavy (non-hydrogen) atoms. The predicted octanol–water partition coefficient (Wildman–Crippen LogP) is 6.75. The summed E-state index contributed by atoms with van der Waals surface area (Å²) in [6.45, 7) is 0. The van der Waals surface area contributed by atoms with Gasteiger partial charge < -0.3 is 10.6 Å². The van der Waals surface area contributed by atoms with Crippen molar-refractivity contribution in [1.82, 2.24) is 20.4 Å². The topological polar surface area (TPSA) is 102 Å². The highest BCUT2D eigenvalue weighted by Gasteiger charge is 2.20. The Kier molecular flexibility index (Phi) is 6.38. The molecule has 11 heteroatoms. The van der Waals surface area contributed by atoms with E-state index in [0.717, 1.165) is 17.7 Å². The van der Waals surface area contributed by atoms with E-state index in [-0.39, 0.29) is 16.3 Å². The lowest BCUT2D eigenvalue weighted by molar-refractivity contribution is 0.591. The fourth-order valence-corrected chi connectivity index (χ4v) is 4.20. The Labute approximate surface area is 213 Å². The van der Waals surface area contributed by atoms with Gasteiger partial charge >= 0.3 is 0 Å². The first-order valence-corrected chi connectivity index (χ1v) is 11.3. The standard InChI is InChI=1S/C25H15Cl2F2N7/c26-15-6-4-13(5-7-15)23(21-12-32-36-35-21)33-16-8-17-22(34-25-19(28)2-1-3-20(25)29)14(10-30)11-31-24(17)18(27)9-16/h1-9,11-12,23,33H,(H,31,34)(H,32,35,36)/t23-/m0/s1. The van der Waals surface area contributed by atoms with Gasteiger partial charge in [0.05, 0.1) is 34.0 Å². The second-order valence-corrected chi connectivity index (χ2v) is 8.60. The number of nitrogens with one attached hydrogen (secondary N) is 3. The highest BCUT2D eigenvalue weighted by atomic mass is 35.5. The van der Waals surface area contributed by atoms with Crippen LogP contribution in [-0.2, 0) is 0 Å². The SMILES string of the molecule is N#Cc1cnc2c(Cl)cc(N[C@@H](c3ccc(Cl)cc3)c3cn[nH]n3)cc2c1Nc1c(F)cccc1F. The molecule has 0 spiro atoms. The maximum Gasteiger partial charge on any atom is 0.149 e. The third kappa shape index (κ3) is 4.52. The molecule has 3 aromatic carbocycles. The average molecular weight is 522 g/mol. The van der Waals surface area contributed by atoms with Crippen molar-refractivity contribution in [3.05, 3.63) is 105 Å². The second-order valence-electron chi connectivity index (χ2n) is 7.76. The molecule has 0 aliphatic rings. The van der Waals surface area contributed by atoms with Gasteiger partial charge in [-0.25, -0.2) is 8.78 Å². The van der Waals surface area contributed by atoms with Crippen molar-refractivity contribution < 1.29 is 8.78 Å². The minimum absolute atomic E-state index is 0.0872. The molecule has 1 atom stereocenters. The van der Waals surface area contributed by atoms with Crippen LogP contribution in [0, 0.1) is 23.0 Å². The van der Waals surface area contributed by atoms with Crippen molar-refractivity contribution in [2.75, 3.05) is 10.6 Å². The van der Waals surface area contributed by atoms with Gasteiger partial charge in [-0.1, -0.05) is 41.4 Å². The molecule has 2 heterocycles. The number of nitriles is 1. The van der Waals surface area contributed by atoms with Gasteiger partial charge in [0.1, 0.15) is 29.1 Å². The fraction of sp³-hybridized carbons (Fsp3) is 0.0400. The van der Waals surface area contributed by atoms with Crippen LogP contribution >= 0.6 is 23.2 Å². The van der Waals surface area contributed by atoms with E-state index in [0.29, 0.717) is 27.3 Å². The summed E-state index contributed by atoms with van der Waals surface area (Å²) in [5.74, 6) is -1.61. The van der Waals surface area contributed by atoms with Crippen LogP contribution in [0.4, 0.5) is 25.8 Å². The predicted molar refractivity (Wildman–Crippen MR) is 134 cm³/mol. The first-order valence-electron chi connectivity index (χ1n) is 10.6. The number of anilines is 3. The first kappa shape index (κ1) is 23.5. The minimum atomic E-state index is -0.807. The maximum atomic E-state index is 14.4. The molecule has 3 N–H and O–H groups in total. The van der Waals surface area contributed by atoms with Gasteiger partial charge in [0.25, 0.3) is 0 Å². The van der Waals surface area contributed by atoms with Crippen LogP contribution < -0.4 is 10.6 Å². The molecule has 0 amide bonds. The lowest BCUT2D eigenvalue weighted by Gasteiger charge is -2.20. The number of fused-ring (bicyclic) bond motifs is 1. The van der Waals surface area contributed by atoms with Gasteiger partial charge in [0.2, 0.25) is 0 Å². The number of H-pyrrole nitrogens is 1. The summed E-state index contributed by atoms with van der Waals surface area (Å²) in [5, 5.41) is 27.7. The fourth-order valence-electron chi connectivity index (χ4n) is 3.80. The molecule has 0 bridgehead atoms. The van der Waals surface area contributed by atoms with E-state index in [1.54, 1.807) is 30.5 Å². The molecule has 0 unspecified atom stereocenters. The summed E-state index contributed by atoms with van der Waals surface area (Å²) in [6, 6.07) is 15.6. The molecular formula is C25H15Cl2F2N7. The van der Waals surface area contributed by atoms with Crippen molar-refractivity contribution in [3.8, 4) is 6.07 Å². The van der Waals surface area contributed by atoms with Crippen molar-refractivity contribution in [2.45, 2.75) is 6.04 Å². The Morgan fingerprint density at radius 2 is 1.72 bits per heavy atom. The van der Waals surface area contributed by atoms with Crippen LogP contribution in [0.2, 0.25) is 10.0 Å². The zero-order valence-electron chi connectivity index (χ0n) is 18.2. The number of rotatable bonds is 6. The Hall–Kier alpha value is -4.26. The summed E-state index contributed by atoms with van der Waals surface area (Å²) in [5.41, 5.74) is 2.21. The molecule has 0 saturated carbocycles. The molecule has 0 radical (unpaired) electrons. The Bertz CT molecular complexity index is 1580. The Morgan fingerprint density at radius 1 is 0.972 bits per heavy atom. The summed E-state index contributed by atoms with van der Waals surface area (Å²) < 4.78 is 28.8. The lowest BCUT2D eigenvalue weighted by atomic mass is 10.0. The van der Waals surface area contributed by atoms with Gasteiger partial charge in [-0.2, -0.15) is 20.7 Å². The van der Waals surface area contributed by atoms with E-state index in [2.05, 4.69) is 31.0 Å². The lowest BCUT2D eigenvalue weighted by Crippen LogP contribution is -2.13. The van der Waals surface area contributed by atoms with Crippen LogP contribution in [0.25, 0.3) is 10.9 Å². The molecule has 7 nitrogen and oxygen atoms in total. The maximum absolute atomic E-state index is 14.4. The monoisotopic (exact) mass is 521 g/mol. The quantitative estimate of drug-likeness (QED) is 0.228. The zero-order valence-corrected chi connectivity index (χ0v) is 19.7. The number of hydrogen-bond donors (Lipinski definition) is 3. The third-order valence-electron chi connectivity index (χ3n) is 5.50. The molecule has 5 rings (SSSR count). The molecular weight excluding hydrogens is 507 g/mol. The number of aromatic nitrogens is 4. The Morgan fingerprint density at radius 3 is 2.39 bits per heavy atom. The molecule has 5 aromatic rings. The summed E-state index contributed by atoms with van der Waals surface area (Å²) in [6.07, 6.45) is 2.88. The van der Waals surface area contributed by atoms with E-state index in [4.69, 9.17) is 23.2 Å². The number of benzene rings is 3. The van der Waals surface area contributed by atoms with E-state index in [1.165, 1.54) is 12.3 Å². The van der Waals surface area contributed by atoms with Gasteiger partial charge in [-0.3, -0.25) is 4.98 Å². The molecule has 0 aliphatic heterocycles. The zero-order chi connectivity index (χ0) is 25.2. The minimum Gasteiger partial charge on any atom is -0.373 e. The normalized spacial score (nSPS) is 11.8. The van der Waals surface area contributed by atoms with Crippen molar-refractivity contribution in [2.24, 2.45) is 0 Å². The van der Waals surface area contributed by atoms with Gasteiger partial charge in [0, 0.05) is 22.3 Å². The van der Waals surface area contributed by atoms with Crippen LogP contribution in [0.3, 0.4) is 0 Å². The van der Waals surface area contributed by atoms with Crippen molar-refractivity contribution in [3.63, 3.8) is 0 Å². The number of pyridine rings is 1.